The lowest BCUT2D eigenvalue weighted by molar-refractivity contribution is 0.243. The van der Waals surface area contributed by atoms with Gasteiger partial charge in [-0.1, -0.05) is 30.3 Å². The van der Waals surface area contributed by atoms with Crippen LogP contribution in [0.25, 0.3) is 0 Å². The van der Waals surface area contributed by atoms with Gasteiger partial charge in [-0.3, -0.25) is 0 Å². The van der Waals surface area contributed by atoms with Gasteiger partial charge in [0.05, 0.1) is 0 Å². The zero-order valence-electron chi connectivity index (χ0n) is 20.6. The highest BCUT2D eigenvalue weighted by atomic mass is 16.5. The number of ether oxygens (including phenoxy) is 1. The van der Waals surface area contributed by atoms with Crippen molar-refractivity contribution in [1.82, 2.24) is 15.3 Å². The van der Waals surface area contributed by atoms with E-state index < -0.39 is 0 Å². The molecule has 0 aliphatic heterocycles. The van der Waals surface area contributed by atoms with Crippen molar-refractivity contribution in [3.05, 3.63) is 72.1 Å². The summed E-state index contributed by atoms with van der Waals surface area (Å²) in [6, 6.07) is 19.8. The maximum absolute atomic E-state index is 12.5. The maximum Gasteiger partial charge on any atom is 0.319 e. The number of hydrogen-bond donors (Lipinski definition) is 3. The lowest BCUT2D eigenvalue weighted by atomic mass is 9.91. The molecule has 184 valence electrons. The maximum atomic E-state index is 12.5. The molecule has 2 amide bonds. The van der Waals surface area contributed by atoms with Gasteiger partial charge in [-0.25, -0.2) is 14.8 Å². The van der Waals surface area contributed by atoms with Crippen molar-refractivity contribution in [2.75, 3.05) is 29.6 Å². The van der Waals surface area contributed by atoms with Gasteiger partial charge < -0.3 is 25.6 Å². The van der Waals surface area contributed by atoms with Crippen molar-refractivity contribution in [2.45, 2.75) is 51.3 Å². The molecule has 1 saturated carbocycles. The van der Waals surface area contributed by atoms with Crippen LogP contribution in [-0.2, 0) is 6.61 Å². The second kappa shape index (κ2) is 11.6. The number of nitrogens with one attached hydrogen (secondary N) is 3. The number of hydrogen-bond acceptors (Lipinski definition) is 6. The van der Waals surface area contributed by atoms with E-state index in [4.69, 9.17) is 4.74 Å². The molecule has 3 aromatic rings. The van der Waals surface area contributed by atoms with Gasteiger partial charge in [0.25, 0.3) is 0 Å². The molecule has 0 radical (unpaired) electrons. The monoisotopic (exact) mass is 474 g/mol. The summed E-state index contributed by atoms with van der Waals surface area (Å²) in [6.07, 6.45) is 3.78. The lowest BCUT2D eigenvalue weighted by Gasteiger charge is -2.30. The molecule has 8 heteroatoms. The van der Waals surface area contributed by atoms with Crippen LogP contribution in [0.3, 0.4) is 0 Å². The van der Waals surface area contributed by atoms with E-state index in [9.17, 15) is 4.79 Å². The first-order valence-electron chi connectivity index (χ1n) is 12.1. The van der Waals surface area contributed by atoms with Gasteiger partial charge >= 0.3 is 6.03 Å². The smallest absolute Gasteiger partial charge is 0.319 e. The molecule has 8 nitrogen and oxygen atoms in total. The van der Waals surface area contributed by atoms with Crippen molar-refractivity contribution in [2.24, 2.45) is 0 Å². The number of urea groups is 1. The molecule has 0 spiro atoms. The van der Waals surface area contributed by atoms with E-state index in [1.807, 2.05) is 86.6 Å². The van der Waals surface area contributed by atoms with E-state index in [1.54, 1.807) is 0 Å². The van der Waals surface area contributed by atoms with Crippen molar-refractivity contribution < 1.29 is 9.53 Å². The molecular formula is C27H34N6O2. The Morgan fingerprint density at radius 3 is 2.34 bits per heavy atom. The molecule has 3 N–H and O–H groups in total. The van der Waals surface area contributed by atoms with Crippen LogP contribution >= 0.6 is 0 Å². The van der Waals surface area contributed by atoms with Crippen LogP contribution < -0.4 is 25.6 Å². The Kier molecular flexibility index (Phi) is 8.03. The Balaban J connectivity index is 1.19. The molecular weight excluding hydrogens is 440 g/mol. The molecule has 2 aromatic carbocycles. The van der Waals surface area contributed by atoms with Crippen molar-refractivity contribution >= 4 is 23.4 Å². The Bertz CT molecular complexity index is 1100. The Morgan fingerprint density at radius 1 is 0.971 bits per heavy atom. The number of amides is 2. The highest BCUT2D eigenvalue weighted by Gasteiger charge is 2.23. The Morgan fingerprint density at radius 2 is 1.66 bits per heavy atom. The first-order valence-corrected chi connectivity index (χ1v) is 12.1. The minimum absolute atomic E-state index is 0.158. The van der Waals surface area contributed by atoms with Crippen LogP contribution in [0.4, 0.5) is 22.1 Å². The van der Waals surface area contributed by atoms with E-state index >= 15 is 0 Å². The molecule has 0 atom stereocenters. The first-order chi connectivity index (χ1) is 16.9. The number of carbonyl (C=O) groups excluding carboxylic acids is 1. The molecule has 1 aromatic heterocycles. The van der Waals surface area contributed by atoms with E-state index in [0.717, 1.165) is 60.1 Å². The molecule has 0 saturated heterocycles. The highest BCUT2D eigenvalue weighted by Crippen LogP contribution is 2.23. The van der Waals surface area contributed by atoms with Crippen LogP contribution in [0.1, 0.15) is 37.1 Å². The standard InChI is InChI=1S/C27H34N6O2/c1-19-28-25(17-26(29-19)33(2)3)30-21-9-11-22(12-10-21)31-27(34)32-23-13-15-24(16-14-23)35-18-20-7-5-4-6-8-20/h4-8,13-17,21-22H,9-12,18H2,1-3H3,(H,28,29,30)(H2,31,32,34)/t21-,22+. The second-order valence-corrected chi connectivity index (χ2v) is 9.14. The van der Waals surface area contributed by atoms with Gasteiger partial charge in [0.15, 0.2) is 0 Å². The molecule has 4 rings (SSSR count). The van der Waals surface area contributed by atoms with Gasteiger partial charge in [0.1, 0.15) is 29.8 Å². The van der Waals surface area contributed by atoms with E-state index in [-0.39, 0.29) is 12.1 Å². The van der Waals surface area contributed by atoms with Crippen molar-refractivity contribution in [3.8, 4) is 5.75 Å². The fraction of sp³-hybridized carbons (Fsp3) is 0.370. The number of carbonyl (C=O) groups is 1. The Hall–Kier alpha value is -3.81. The number of rotatable bonds is 8. The summed E-state index contributed by atoms with van der Waals surface area (Å²) in [5, 5.41) is 9.56. The van der Waals surface area contributed by atoms with Crippen LogP contribution in [0.2, 0.25) is 0 Å². The largest absolute Gasteiger partial charge is 0.489 e. The fourth-order valence-electron chi connectivity index (χ4n) is 4.17. The van der Waals surface area contributed by atoms with Gasteiger partial charge in [-0.15, -0.1) is 0 Å². The number of aryl methyl sites for hydroxylation is 1. The molecule has 1 fully saturated rings. The summed E-state index contributed by atoms with van der Waals surface area (Å²) in [5.41, 5.74) is 1.85. The Labute approximate surface area is 207 Å². The summed E-state index contributed by atoms with van der Waals surface area (Å²) in [4.78, 5) is 23.4. The van der Waals surface area contributed by atoms with Crippen molar-refractivity contribution in [3.63, 3.8) is 0 Å². The second-order valence-electron chi connectivity index (χ2n) is 9.14. The third kappa shape index (κ3) is 7.34. The number of anilines is 3. The number of nitrogens with zero attached hydrogens (tertiary/aromatic N) is 3. The van der Waals surface area contributed by atoms with E-state index in [1.165, 1.54) is 0 Å². The quantitative estimate of drug-likeness (QED) is 0.427. The predicted octanol–water partition coefficient (Wildman–Crippen LogP) is 4.97. The van der Waals surface area contributed by atoms with Crippen molar-refractivity contribution in [1.29, 1.82) is 0 Å². The molecule has 1 heterocycles. The normalized spacial score (nSPS) is 17.3. The first kappa shape index (κ1) is 24.3. The number of benzene rings is 2. The molecule has 0 unspecified atom stereocenters. The third-order valence-corrected chi connectivity index (χ3v) is 6.06. The summed E-state index contributed by atoms with van der Waals surface area (Å²) in [7, 11) is 3.95. The zero-order valence-corrected chi connectivity index (χ0v) is 20.6. The fourth-order valence-corrected chi connectivity index (χ4v) is 4.17. The minimum atomic E-state index is -0.179. The average molecular weight is 475 g/mol. The average Bonchev–Trinajstić information content (AvgIpc) is 2.85. The van der Waals surface area contributed by atoms with Crippen LogP contribution in [0.5, 0.6) is 5.75 Å². The lowest BCUT2D eigenvalue weighted by Crippen LogP contribution is -2.42. The van der Waals surface area contributed by atoms with Gasteiger partial charge in [-0.05, 0) is 62.4 Å². The topological polar surface area (TPSA) is 91.4 Å². The van der Waals surface area contributed by atoms with E-state index in [2.05, 4.69) is 25.9 Å². The van der Waals surface area contributed by atoms with Gasteiger partial charge in [0.2, 0.25) is 0 Å². The van der Waals surface area contributed by atoms with Gasteiger partial charge in [0, 0.05) is 37.9 Å². The van der Waals surface area contributed by atoms with E-state index in [0.29, 0.717) is 12.6 Å². The van der Waals surface area contributed by atoms with Crippen LogP contribution in [0.15, 0.2) is 60.7 Å². The van der Waals surface area contributed by atoms with Crippen LogP contribution in [-0.4, -0.2) is 42.2 Å². The molecule has 1 aliphatic rings. The summed E-state index contributed by atoms with van der Waals surface area (Å²) >= 11 is 0. The summed E-state index contributed by atoms with van der Waals surface area (Å²) < 4.78 is 5.81. The van der Waals surface area contributed by atoms with Crippen LogP contribution in [0, 0.1) is 6.92 Å². The summed E-state index contributed by atoms with van der Waals surface area (Å²) in [6.45, 7) is 2.42. The van der Waals surface area contributed by atoms with Gasteiger partial charge in [-0.2, -0.15) is 0 Å². The third-order valence-electron chi connectivity index (χ3n) is 6.06. The summed E-state index contributed by atoms with van der Waals surface area (Å²) in [5.74, 6) is 3.26. The number of aromatic nitrogens is 2. The minimum Gasteiger partial charge on any atom is -0.489 e. The molecule has 0 bridgehead atoms. The predicted molar refractivity (Wildman–Crippen MR) is 140 cm³/mol. The molecule has 1 aliphatic carbocycles. The highest BCUT2D eigenvalue weighted by molar-refractivity contribution is 5.89. The molecule has 35 heavy (non-hydrogen) atoms. The SMILES string of the molecule is Cc1nc(N[C@H]2CC[C@@H](NC(=O)Nc3ccc(OCc4ccccc4)cc3)CC2)cc(N(C)C)n1. The zero-order chi connectivity index (χ0) is 24.6.